The van der Waals surface area contributed by atoms with Gasteiger partial charge in [-0.15, -0.1) is 0 Å². The number of benzene rings is 2. The number of aryl methyl sites for hydroxylation is 1. The molecule has 0 amide bonds. The minimum atomic E-state index is 0.342. The Morgan fingerprint density at radius 2 is 2.05 bits per heavy atom. The second kappa shape index (κ2) is 5.64. The Balaban J connectivity index is 2.15. The summed E-state index contributed by atoms with van der Waals surface area (Å²) in [6.07, 6.45) is 0. The van der Waals surface area contributed by atoms with Gasteiger partial charge in [-0.25, -0.2) is 0 Å². The molecule has 0 spiro atoms. The molecule has 2 N–H and O–H groups in total. The van der Waals surface area contributed by atoms with Gasteiger partial charge in [0.25, 0.3) is 0 Å². The van der Waals surface area contributed by atoms with Crippen LogP contribution < -0.4 is 10.5 Å². The van der Waals surface area contributed by atoms with Gasteiger partial charge in [-0.05, 0) is 30.7 Å². The maximum Gasteiger partial charge on any atom is 0.124 e. The molecule has 0 bridgehead atoms. The zero-order valence-corrected chi connectivity index (χ0v) is 11.2. The van der Waals surface area contributed by atoms with Crippen molar-refractivity contribution in [2.45, 2.75) is 13.5 Å². The number of nitriles is 1. The van der Waals surface area contributed by atoms with E-state index < -0.39 is 0 Å². The third-order valence-corrected chi connectivity index (χ3v) is 3.13. The van der Waals surface area contributed by atoms with Crippen molar-refractivity contribution in [2.24, 2.45) is 0 Å². The van der Waals surface area contributed by atoms with Crippen LogP contribution in [0, 0.1) is 18.3 Å². The van der Waals surface area contributed by atoms with Crippen molar-refractivity contribution >= 4 is 17.3 Å². The van der Waals surface area contributed by atoms with Crippen LogP contribution in [0.5, 0.6) is 5.75 Å². The van der Waals surface area contributed by atoms with Crippen LogP contribution in [0.15, 0.2) is 36.4 Å². The molecule has 0 aromatic heterocycles. The highest BCUT2D eigenvalue weighted by molar-refractivity contribution is 6.31. The lowest BCUT2D eigenvalue weighted by molar-refractivity contribution is 0.304. The van der Waals surface area contributed by atoms with E-state index in [4.69, 9.17) is 27.3 Å². The molecule has 4 heteroatoms. The number of rotatable bonds is 3. The van der Waals surface area contributed by atoms with Crippen molar-refractivity contribution in [3.05, 3.63) is 58.1 Å². The maximum absolute atomic E-state index is 8.77. The quantitative estimate of drug-likeness (QED) is 0.867. The molecule has 2 rings (SSSR count). The van der Waals surface area contributed by atoms with Gasteiger partial charge in [0, 0.05) is 22.3 Å². The fraction of sp³-hybridized carbons (Fsp3) is 0.133. The predicted octanol–water partition coefficient (Wildman–Crippen LogP) is 3.68. The lowest BCUT2D eigenvalue weighted by Gasteiger charge is -2.11. The summed E-state index contributed by atoms with van der Waals surface area (Å²) in [6.45, 7) is 2.30. The normalized spacial score (nSPS) is 9.95. The van der Waals surface area contributed by atoms with Crippen LogP contribution in [0.3, 0.4) is 0 Å². The van der Waals surface area contributed by atoms with Gasteiger partial charge >= 0.3 is 0 Å². The summed E-state index contributed by atoms with van der Waals surface area (Å²) in [6, 6.07) is 12.7. The number of nitrogens with zero attached hydrogens (tertiary/aromatic N) is 1. The Morgan fingerprint density at radius 3 is 2.74 bits per heavy atom. The number of ether oxygens (including phenoxy) is 1. The molecular weight excluding hydrogens is 260 g/mol. The Hall–Kier alpha value is -2.18. The largest absolute Gasteiger partial charge is 0.489 e. The highest BCUT2D eigenvalue weighted by atomic mass is 35.5. The minimum absolute atomic E-state index is 0.342. The van der Waals surface area contributed by atoms with E-state index in [9.17, 15) is 0 Å². The molecule has 3 nitrogen and oxygen atoms in total. The van der Waals surface area contributed by atoms with Gasteiger partial charge in [-0.2, -0.15) is 5.26 Å². The molecule has 96 valence electrons. The molecule has 0 saturated carbocycles. The second-order valence-corrected chi connectivity index (χ2v) is 4.64. The Kier molecular flexibility index (Phi) is 3.94. The first-order valence-corrected chi connectivity index (χ1v) is 6.15. The Bertz CT molecular complexity index is 647. The molecule has 0 aliphatic rings. The third kappa shape index (κ3) is 3.18. The molecule has 0 atom stereocenters. The summed E-state index contributed by atoms with van der Waals surface area (Å²) < 4.78 is 5.71. The number of nitrogens with two attached hydrogens (primary N) is 1. The van der Waals surface area contributed by atoms with Gasteiger partial charge in [-0.3, -0.25) is 0 Å². The predicted molar refractivity (Wildman–Crippen MR) is 76.1 cm³/mol. The molecule has 0 aliphatic heterocycles. The topological polar surface area (TPSA) is 59.0 Å². The fourth-order valence-electron chi connectivity index (χ4n) is 1.66. The number of hydrogen-bond acceptors (Lipinski definition) is 3. The van der Waals surface area contributed by atoms with Gasteiger partial charge < -0.3 is 10.5 Å². The first-order valence-electron chi connectivity index (χ1n) is 5.77. The summed E-state index contributed by atoms with van der Waals surface area (Å²) in [5, 5.41) is 9.30. The van der Waals surface area contributed by atoms with Gasteiger partial charge in [0.15, 0.2) is 0 Å². The molecule has 0 fully saturated rings. The summed E-state index contributed by atoms with van der Waals surface area (Å²) in [5.41, 5.74) is 8.77. The Morgan fingerprint density at radius 1 is 1.26 bits per heavy atom. The molecular formula is C15H13ClN2O. The average molecular weight is 273 g/mol. The molecule has 0 heterocycles. The molecule has 0 saturated heterocycles. The van der Waals surface area contributed by atoms with Crippen LogP contribution in [-0.4, -0.2) is 0 Å². The van der Waals surface area contributed by atoms with Crippen LogP contribution in [-0.2, 0) is 6.61 Å². The zero-order valence-electron chi connectivity index (χ0n) is 10.5. The molecule has 0 aliphatic carbocycles. The second-order valence-electron chi connectivity index (χ2n) is 4.23. The van der Waals surface area contributed by atoms with Crippen LogP contribution >= 0.6 is 11.6 Å². The van der Waals surface area contributed by atoms with Gasteiger partial charge in [0.05, 0.1) is 11.6 Å². The highest BCUT2D eigenvalue weighted by Crippen LogP contribution is 2.24. The summed E-state index contributed by atoms with van der Waals surface area (Å²) >= 11 is 6.09. The van der Waals surface area contributed by atoms with E-state index >= 15 is 0 Å². The van der Waals surface area contributed by atoms with E-state index in [1.54, 1.807) is 24.3 Å². The van der Waals surface area contributed by atoms with Crippen LogP contribution in [0.1, 0.15) is 16.7 Å². The summed E-state index contributed by atoms with van der Waals surface area (Å²) in [4.78, 5) is 0. The zero-order chi connectivity index (χ0) is 13.8. The highest BCUT2D eigenvalue weighted by Gasteiger charge is 2.05. The van der Waals surface area contributed by atoms with Crippen LogP contribution in [0.4, 0.5) is 5.69 Å². The fourth-order valence-corrected chi connectivity index (χ4v) is 1.90. The lowest BCUT2D eigenvalue weighted by atomic mass is 10.1. The molecule has 2 aromatic carbocycles. The van der Waals surface area contributed by atoms with Crippen molar-refractivity contribution in [2.75, 3.05) is 5.73 Å². The van der Waals surface area contributed by atoms with Crippen molar-refractivity contribution < 1.29 is 4.74 Å². The van der Waals surface area contributed by atoms with Crippen molar-refractivity contribution in [1.29, 1.82) is 5.26 Å². The number of nitrogen functional groups attached to an aromatic ring is 1. The molecule has 0 radical (unpaired) electrons. The van der Waals surface area contributed by atoms with Crippen molar-refractivity contribution in [3.8, 4) is 11.8 Å². The summed E-state index contributed by atoms with van der Waals surface area (Å²) in [7, 11) is 0. The van der Waals surface area contributed by atoms with Crippen LogP contribution in [0.2, 0.25) is 5.02 Å². The van der Waals surface area contributed by atoms with E-state index in [2.05, 4.69) is 0 Å². The van der Waals surface area contributed by atoms with Crippen molar-refractivity contribution in [1.82, 2.24) is 0 Å². The van der Waals surface area contributed by atoms with E-state index in [0.29, 0.717) is 22.9 Å². The number of hydrogen-bond donors (Lipinski definition) is 1. The number of halogens is 1. The number of anilines is 1. The average Bonchev–Trinajstić information content (AvgIpc) is 2.40. The van der Waals surface area contributed by atoms with Gasteiger partial charge in [-0.1, -0.05) is 23.7 Å². The minimum Gasteiger partial charge on any atom is -0.489 e. The first-order chi connectivity index (χ1) is 9.10. The Labute approximate surface area is 117 Å². The smallest absolute Gasteiger partial charge is 0.124 e. The molecule has 0 unspecified atom stereocenters. The van der Waals surface area contributed by atoms with Gasteiger partial charge in [0.2, 0.25) is 0 Å². The first kappa shape index (κ1) is 13.3. The monoisotopic (exact) mass is 272 g/mol. The third-order valence-electron chi connectivity index (χ3n) is 2.78. The van der Waals surface area contributed by atoms with Gasteiger partial charge in [0.1, 0.15) is 12.4 Å². The van der Waals surface area contributed by atoms with E-state index in [1.165, 1.54) is 0 Å². The van der Waals surface area contributed by atoms with Crippen molar-refractivity contribution in [3.63, 3.8) is 0 Å². The summed E-state index contributed by atoms with van der Waals surface area (Å²) in [5.74, 6) is 0.737. The van der Waals surface area contributed by atoms with E-state index in [1.807, 2.05) is 25.1 Å². The molecule has 2 aromatic rings. The standard InChI is InChI=1S/C15H13ClN2O/c1-10-2-5-13(18)7-15(10)19-9-12-4-3-11(8-17)6-14(12)16/h2-7H,9,18H2,1H3. The van der Waals surface area contributed by atoms with Crippen LogP contribution in [0.25, 0.3) is 0 Å². The maximum atomic E-state index is 8.77. The lowest BCUT2D eigenvalue weighted by Crippen LogP contribution is -1.99. The van der Waals surface area contributed by atoms with E-state index in [-0.39, 0.29) is 0 Å². The molecule has 19 heavy (non-hydrogen) atoms. The SMILES string of the molecule is Cc1ccc(N)cc1OCc1ccc(C#N)cc1Cl. The van der Waals surface area contributed by atoms with E-state index in [0.717, 1.165) is 16.9 Å².